The van der Waals surface area contributed by atoms with Crippen molar-refractivity contribution in [1.29, 1.82) is 0 Å². The molecular weight excluding hydrogens is 336 g/mol. The molecule has 1 aromatic rings. The summed E-state index contributed by atoms with van der Waals surface area (Å²) in [5.74, 6) is -1.13. The Morgan fingerprint density at radius 3 is 2.71 bits per heavy atom. The van der Waals surface area contributed by atoms with Crippen molar-refractivity contribution in [2.75, 3.05) is 20.1 Å². The minimum absolute atomic E-state index is 0.0520. The maximum atomic E-state index is 12.2. The van der Waals surface area contributed by atoms with Gasteiger partial charge in [-0.3, -0.25) is 4.79 Å². The highest BCUT2D eigenvalue weighted by atomic mass is 79.9. The first kappa shape index (κ1) is 15.8. The molecule has 1 heterocycles. The van der Waals surface area contributed by atoms with Crippen LogP contribution in [0.1, 0.15) is 12.5 Å². The van der Waals surface area contributed by atoms with E-state index in [0.717, 1.165) is 10.0 Å². The molecule has 0 aliphatic carbocycles. The van der Waals surface area contributed by atoms with Gasteiger partial charge in [-0.15, -0.1) is 0 Å². The van der Waals surface area contributed by atoms with E-state index in [0.29, 0.717) is 19.6 Å². The van der Waals surface area contributed by atoms with Crippen molar-refractivity contribution in [2.24, 2.45) is 11.8 Å². The fourth-order valence-corrected chi connectivity index (χ4v) is 2.85. The molecule has 1 aromatic carbocycles. The number of nitrogens with zero attached hydrogens (tertiary/aromatic N) is 2. The van der Waals surface area contributed by atoms with Crippen LogP contribution in [0.3, 0.4) is 0 Å². The Morgan fingerprint density at radius 1 is 1.48 bits per heavy atom. The second-order valence-electron chi connectivity index (χ2n) is 5.56. The smallest absolute Gasteiger partial charge is 0.320 e. The van der Waals surface area contributed by atoms with Crippen LogP contribution >= 0.6 is 15.9 Å². The Hall–Kier alpha value is -1.56. The van der Waals surface area contributed by atoms with Gasteiger partial charge in [-0.05, 0) is 17.7 Å². The molecule has 1 N–H and O–H groups in total. The number of carbonyl (C=O) groups excluding carboxylic acids is 1. The van der Waals surface area contributed by atoms with E-state index >= 15 is 0 Å². The number of carbonyl (C=O) groups is 2. The quantitative estimate of drug-likeness (QED) is 0.903. The van der Waals surface area contributed by atoms with Gasteiger partial charge in [0.25, 0.3) is 0 Å². The Morgan fingerprint density at radius 2 is 2.14 bits per heavy atom. The van der Waals surface area contributed by atoms with E-state index in [9.17, 15) is 9.59 Å². The maximum absolute atomic E-state index is 12.2. The van der Waals surface area contributed by atoms with Gasteiger partial charge in [0.15, 0.2) is 0 Å². The first-order valence-corrected chi connectivity index (χ1v) is 7.65. The van der Waals surface area contributed by atoms with Crippen LogP contribution in [-0.4, -0.2) is 47.0 Å². The van der Waals surface area contributed by atoms with Gasteiger partial charge >= 0.3 is 12.0 Å². The monoisotopic (exact) mass is 354 g/mol. The van der Waals surface area contributed by atoms with Gasteiger partial charge in [0.1, 0.15) is 0 Å². The molecule has 1 fully saturated rings. The summed E-state index contributed by atoms with van der Waals surface area (Å²) in [5.41, 5.74) is 1.05. The zero-order chi connectivity index (χ0) is 15.6. The fourth-order valence-electron chi connectivity index (χ4n) is 2.40. The summed E-state index contributed by atoms with van der Waals surface area (Å²) < 4.78 is 0.986. The van der Waals surface area contributed by atoms with E-state index < -0.39 is 11.9 Å². The molecule has 2 amide bonds. The summed E-state index contributed by atoms with van der Waals surface area (Å²) in [7, 11) is 1.76. The Kier molecular flexibility index (Phi) is 4.88. The van der Waals surface area contributed by atoms with Crippen LogP contribution in [0.2, 0.25) is 0 Å². The van der Waals surface area contributed by atoms with E-state index in [1.165, 1.54) is 0 Å². The summed E-state index contributed by atoms with van der Waals surface area (Å²) in [5, 5.41) is 8.95. The average molecular weight is 355 g/mol. The lowest BCUT2D eigenvalue weighted by molar-refractivity contribution is -0.144. The second kappa shape index (κ2) is 6.47. The van der Waals surface area contributed by atoms with Crippen LogP contribution in [0.15, 0.2) is 28.7 Å². The summed E-state index contributed by atoms with van der Waals surface area (Å²) in [4.78, 5) is 26.5. The van der Waals surface area contributed by atoms with E-state index in [1.807, 2.05) is 24.3 Å². The van der Waals surface area contributed by atoms with Crippen molar-refractivity contribution in [3.8, 4) is 0 Å². The zero-order valence-electron chi connectivity index (χ0n) is 12.1. The summed E-state index contributed by atoms with van der Waals surface area (Å²) in [6.45, 7) is 3.28. The lowest BCUT2D eigenvalue weighted by Crippen LogP contribution is -2.56. The predicted molar refractivity (Wildman–Crippen MR) is 82.9 cm³/mol. The molecule has 1 saturated heterocycles. The van der Waals surface area contributed by atoms with Crippen molar-refractivity contribution in [3.05, 3.63) is 34.3 Å². The first-order chi connectivity index (χ1) is 9.88. The molecule has 21 heavy (non-hydrogen) atoms. The molecule has 0 aromatic heterocycles. The largest absolute Gasteiger partial charge is 0.481 e. The Bertz CT molecular complexity index is 543. The summed E-state index contributed by atoms with van der Waals surface area (Å²) in [6, 6.07) is 7.78. The van der Waals surface area contributed by atoms with Crippen LogP contribution < -0.4 is 0 Å². The number of halogens is 1. The molecule has 6 heteroatoms. The minimum atomic E-state index is -0.797. The fraction of sp³-hybridized carbons (Fsp3) is 0.467. The van der Waals surface area contributed by atoms with Crippen LogP contribution in [0, 0.1) is 11.8 Å². The molecule has 114 valence electrons. The van der Waals surface area contributed by atoms with Gasteiger partial charge in [-0.2, -0.15) is 0 Å². The number of carboxylic acid groups (broad SMARTS) is 1. The van der Waals surface area contributed by atoms with Gasteiger partial charge in [0, 0.05) is 37.1 Å². The normalized spacial score (nSPS) is 16.2. The number of hydrogen-bond donors (Lipinski definition) is 1. The number of amides is 2. The van der Waals surface area contributed by atoms with Crippen LogP contribution in [0.25, 0.3) is 0 Å². The number of hydrogen-bond acceptors (Lipinski definition) is 2. The maximum Gasteiger partial charge on any atom is 0.320 e. The van der Waals surface area contributed by atoms with E-state index in [-0.39, 0.29) is 11.9 Å². The third-order valence-electron chi connectivity index (χ3n) is 3.91. The van der Waals surface area contributed by atoms with E-state index in [2.05, 4.69) is 15.9 Å². The van der Waals surface area contributed by atoms with Gasteiger partial charge in [-0.1, -0.05) is 35.0 Å². The third-order valence-corrected chi connectivity index (χ3v) is 4.41. The predicted octanol–water partition coefficient (Wildman–Crippen LogP) is 2.65. The number of benzene rings is 1. The highest BCUT2D eigenvalue weighted by molar-refractivity contribution is 9.10. The van der Waals surface area contributed by atoms with Gasteiger partial charge in [0.2, 0.25) is 0 Å². The van der Waals surface area contributed by atoms with Gasteiger partial charge in [0.05, 0.1) is 5.92 Å². The average Bonchev–Trinajstić information content (AvgIpc) is 2.36. The van der Waals surface area contributed by atoms with Crippen molar-refractivity contribution in [1.82, 2.24) is 9.80 Å². The third kappa shape index (κ3) is 3.75. The van der Waals surface area contributed by atoms with E-state index in [1.54, 1.807) is 23.8 Å². The Labute approximate surface area is 132 Å². The highest BCUT2D eigenvalue weighted by Crippen LogP contribution is 2.25. The molecular formula is C15H19BrN2O3. The number of likely N-dealkylation sites (tertiary alicyclic amines) is 1. The van der Waals surface area contributed by atoms with Crippen LogP contribution in [0.4, 0.5) is 4.79 Å². The lowest BCUT2D eigenvalue weighted by atomic mass is 9.87. The zero-order valence-corrected chi connectivity index (χ0v) is 13.7. The van der Waals surface area contributed by atoms with Crippen molar-refractivity contribution >= 4 is 27.9 Å². The minimum Gasteiger partial charge on any atom is -0.481 e. The SMILES string of the molecule is CC(C(=O)O)C1CN(C(=O)N(C)Cc2cccc(Br)c2)C1. The lowest BCUT2D eigenvalue weighted by Gasteiger charge is -2.42. The molecule has 1 atom stereocenters. The molecule has 0 bridgehead atoms. The molecule has 0 radical (unpaired) electrons. The Balaban J connectivity index is 1.86. The summed E-state index contributed by atoms with van der Waals surface area (Å²) in [6.07, 6.45) is 0. The van der Waals surface area contributed by atoms with Crippen LogP contribution in [0.5, 0.6) is 0 Å². The molecule has 1 aliphatic heterocycles. The highest BCUT2D eigenvalue weighted by Gasteiger charge is 2.38. The van der Waals surface area contributed by atoms with Crippen molar-refractivity contribution in [3.63, 3.8) is 0 Å². The molecule has 1 aliphatic rings. The van der Waals surface area contributed by atoms with Crippen LogP contribution in [-0.2, 0) is 11.3 Å². The van der Waals surface area contributed by atoms with Crippen molar-refractivity contribution in [2.45, 2.75) is 13.5 Å². The number of aliphatic carboxylic acids is 1. The van der Waals surface area contributed by atoms with Gasteiger partial charge < -0.3 is 14.9 Å². The molecule has 2 rings (SSSR count). The number of carboxylic acids is 1. The molecule has 5 nitrogen and oxygen atoms in total. The number of rotatable bonds is 4. The summed E-state index contributed by atoms with van der Waals surface area (Å²) >= 11 is 3.41. The molecule has 0 spiro atoms. The first-order valence-electron chi connectivity index (χ1n) is 6.85. The molecule has 1 unspecified atom stereocenters. The topological polar surface area (TPSA) is 60.9 Å². The van der Waals surface area contributed by atoms with Crippen molar-refractivity contribution < 1.29 is 14.7 Å². The number of urea groups is 1. The standard InChI is InChI=1S/C15H19BrN2O3/c1-10(14(19)20)12-8-18(9-12)15(21)17(2)7-11-4-3-5-13(16)6-11/h3-6,10,12H,7-9H2,1-2H3,(H,19,20). The van der Waals surface area contributed by atoms with Gasteiger partial charge in [-0.25, -0.2) is 4.79 Å². The second-order valence-corrected chi connectivity index (χ2v) is 6.48. The van der Waals surface area contributed by atoms with E-state index in [4.69, 9.17) is 5.11 Å². The molecule has 0 saturated carbocycles.